The molecule has 1 N–H and O–H groups in total. The second-order valence-corrected chi connectivity index (χ2v) is 5.87. The minimum Gasteiger partial charge on any atom is -0.493 e. The van der Waals surface area contributed by atoms with Gasteiger partial charge in [-0.1, -0.05) is 18.5 Å². The van der Waals surface area contributed by atoms with Crippen LogP contribution in [-0.4, -0.2) is 41.6 Å². The molecule has 1 aliphatic rings. The van der Waals surface area contributed by atoms with Crippen molar-refractivity contribution in [2.24, 2.45) is 5.92 Å². The average molecular weight is 326 g/mol. The van der Waals surface area contributed by atoms with Crippen molar-refractivity contribution >= 4 is 23.5 Å². The Morgan fingerprint density at radius 3 is 2.91 bits per heavy atom. The first kappa shape index (κ1) is 16.6. The summed E-state index contributed by atoms with van der Waals surface area (Å²) in [5.41, 5.74) is 0.938. The summed E-state index contributed by atoms with van der Waals surface area (Å²) in [6.07, 6.45) is 1.59. The van der Waals surface area contributed by atoms with Gasteiger partial charge in [0.1, 0.15) is 5.75 Å². The van der Waals surface area contributed by atoms with E-state index in [0.29, 0.717) is 24.6 Å². The summed E-state index contributed by atoms with van der Waals surface area (Å²) >= 11 is 6.03. The molecule has 0 bridgehead atoms. The van der Waals surface area contributed by atoms with E-state index in [0.717, 1.165) is 17.7 Å². The molecule has 22 heavy (non-hydrogen) atoms. The van der Waals surface area contributed by atoms with Gasteiger partial charge in [-0.05, 0) is 36.6 Å². The van der Waals surface area contributed by atoms with E-state index in [-0.39, 0.29) is 18.9 Å². The van der Waals surface area contributed by atoms with Crippen LogP contribution in [0.5, 0.6) is 5.75 Å². The number of carboxylic acid groups (broad SMARTS) is 1. The first-order valence-corrected chi connectivity index (χ1v) is 7.81. The summed E-state index contributed by atoms with van der Waals surface area (Å²) in [4.78, 5) is 24.4. The van der Waals surface area contributed by atoms with Crippen LogP contribution in [-0.2, 0) is 16.0 Å². The van der Waals surface area contributed by atoms with E-state index in [1.165, 1.54) is 0 Å². The van der Waals surface area contributed by atoms with Gasteiger partial charge >= 0.3 is 5.97 Å². The third-order valence-corrected chi connectivity index (χ3v) is 3.93. The summed E-state index contributed by atoms with van der Waals surface area (Å²) in [5.74, 6) is -0.841. The van der Waals surface area contributed by atoms with E-state index in [1.54, 1.807) is 11.0 Å². The van der Waals surface area contributed by atoms with Gasteiger partial charge in [0.2, 0.25) is 5.91 Å². The molecule has 1 aromatic rings. The lowest BCUT2D eigenvalue weighted by Crippen LogP contribution is -2.28. The molecular formula is C16H20ClNO4. The van der Waals surface area contributed by atoms with Gasteiger partial charge < -0.3 is 14.7 Å². The van der Waals surface area contributed by atoms with Gasteiger partial charge in [-0.25, -0.2) is 0 Å². The molecule has 1 fully saturated rings. The summed E-state index contributed by atoms with van der Waals surface area (Å²) in [6.45, 7) is 3.41. The van der Waals surface area contributed by atoms with E-state index in [4.69, 9.17) is 21.4 Å². The van der Waals surface area contributed by atoms with Crippen LogP contribution in [0, 0.1) is 5.92 Å². The Morgan fingerprint density at radius 1 is 1.50 bits per heavy atom. The van der Waals surface area contributed by atoms with Gasteiger partial charge in [-0.3, -0.25) is 9.59 Å². The Bertz CT molecular complexity index is 561. The molecule has 0 saturated carbocycles. The number of benzene rings is 1. The van der Waals surface area contributed by atoms with Gasteiger partial charge in [-0.15, -0.1) is 0 Å². The molecule has 0 aliphatic carbocycles. The highest BCUT2D eigenvalue weighted by atomic mass is 35.5. The average Bonchev–Trinajstić information content (AvgIpc) is 2.85. The molecule has 1 amide bonds. The Kier molecular flexibility index (Phi) is 5.66. The summed E-state index contributed by atoms with van der Waals surface area (Å²) < 4.78 is 5.69. The van der Waals surface area contributed by atoms with Crippen molar-refractivity contribution in [2.45, 2.75) is 26.2 Å². The molecule has 5 nitrogen and oxygen atoms in total. The molecule has 1 heterocycles. The summed E-state index contributed by atoms with van der Waals surface area (Å²) in [5, 5.41) is 9.62. The summed E-state index contributed by atoms with van der Waals surface area (Å²) in [6, 6.07) is 5.44. The predicted octanol–water partition coefficient (Wildman–Crippen LogP) is 2.60. The number of carbonyl (C=O) groups excluding carboxylic acids is 1. The lowest BCUT2D eigenvalue weighted by Gasteiger charge is -2.17. The van der Waals surface area contributed by atoms with Crippen molar-refractivity contribution in [2.75, 3.05) is 19.7 Å². The Hall–Kier alpha value is -1.75. The molecular weight excluding hydrogens is 306 g/mol. The third-order valence-electron chi connectivity index (χ3n) is 3.70. The van der Waals surface area contributed by atoms with Crippen LogP contribution in [0.2, 0.25) is 5.02 Å². The largest absolute Gasteiger partial charge is 0.493 e. The number of carbonyl (C=O) groups is 2. The minimum atomic E-state index is -0.912. The van der Waals surface area contributed by atoms with Crippen molar-refractivity contribution in [1.29, 1.82) is 0 Å². The smallest absolute Gasteiger partial charge is 0.308 e. The SMILES string of the molecule is CCCOc1ccc(Cl)cc1CCN1CC(C(=O)O)CC1=O. The zero-order valence-corrected chi connectivity index (χ0v) is 13.3. The van der Waals surface area contributed by atoms with Gasteiger partial charge in [0.25, 0.3) is 0 Å². The van der Waals surface area contributed by atoms with Crippen molar-refractivity contribution in [3.63, 3.8) is 0 Å². The highest BCUT2D eigenvalue weighted by Gasteiger charge is 2.33. The van der Waals surface area contributed by atoms with E-state index in [1.807, 2.05) is 19.1 Å². The molecule has 2 rings (SSSR count). The lowest BCUT2D eigenvalue weighted by molar-refractivity contribution is -0.141. The van der Waals surface area contributed by atoms with Crippen LogP contribution in [0.25, 0.3) is 0 Å². The zero-order chi connectivity index (χ0) is 16.1. The second-order valence-electron chi connectivity index (χ2n) is 5.43. The lowest BCUT2D eigenvalue weighted by atomic mass is 10.1. The number of amides is 1. The number of nitrogens with zero attached hydrogens (tertiary/aromatic N) is 1. The fraction of sp³-hybridized carbons (Fsp3) is 0.500. The number of aliphatic carboxylic acids is 1. The van der Waals surface area contributed by atoms with E-state index in [2.05, 4.69) is 0 Å². The van der Waals surface area contributed by atoms with Crippen LogP contribution in [0.15, 0.2) is 18.2 Å². The van der Waals surface area contributed by atoms with Gasteiger partial charge in [-0.2, -0.15) is 0 Å². The second kappa shape index (κ2) is 7.49. The van der Waals surface area contributed by atoms with Crippen molar-refractivity contribution in [3.8, 4) is 5.75 Å². The molecule has 1 aromatic carbocycles. The maximum Gasteiger partial charge on any atom is 0.308 e. The monoisotopic (exact) mass is 325 g/mol. The molecule has 1 aliphatic heterocycles. The molecule has 6 heteroatoms. The van der Waals surface area contributed by atoms with Gasteiger partial charge in [0.05, 0.1) is 12.5 Å². The van der Waals surface area contributed by atoms with Crippen LogP contribution in [0.1, 0.15) is 25.3 Å². The molecule has 1 saturated heterocycles. The third kappa shape index (κ3) is 4.13. The Labute approximate surface area is 134 Å². The Balaban J connectivity index is 2.00. The van der Waals surface area contributed by atoms with E-state index < -0.39 is 11.9 Å². The topological polar surface area (TPSA) is 66.8 Å². The normalized spacial score (nSPS) is 17.8. The van der Waals surface area contributed by atoms with E-state index in [9.17, 15) is 9.59 Å². The maximum atomic E-state index is 11.8. The molecule has 1 atom stereocenters. The van der Waals surface area contributed by atoms with Crippen LogP contribution in [0.4, 0.5) is 0 Å². The molecule has 0 spiro atoms. The minimum absolute atomic E-state index is 0.0874. The van der Waals surface area contributed by atoms with E-state index >= 15 is 0 Å². The Morgan fingerprint density at radius 2 is 2.27 bits per heavy atom. The van der Waals surface area contributed by atoms with Crippen LogP contribution >= 0.6 is 11.6 Å². The fourth-order valence-corrected chi connectivity index (χ4v) is 2.70. The summed E-state index contributed by atoms with van der Waals surface area (Å²) in [7, 11) is 0. The fourth-order valence-electron chi connectivity index (χ4n) is 2.51. The highest BCUT2D eigenvalue weighted by Crippen LogP contribution is 2.25. The maximum absolute atomic E-state index is 11.8. The van der Waals surface area contributed by atoms with Crippen molar-refractivity contribution in [1.82, 2.24) is 4.90 Å². The van der Waals surface area contributed by atoms with Crippen LogP contribution in [0.3, 0.4) is 0 Å². The highest BCUT2D eigenvalue weighted by molar-refractivity contribution is 6.30. The number of likely N-dealkylation sites (tertiary alicyclic amines) is 1. The molecule has 1 unspecified atom stereocenters. The van der Waals surface area contributed by atoms with Crippen molar-refractivity contribution < 1.29 is 19.4 Å². The zero-order valence-electron chi connectivity index (χ0n) is 12.5. The number of rotatable bonds is 7. The number of hydrogen-bond donors (Lipinski definition) is 1. The first-order chi connectivity index (χ1) is 10.5. The van der Waals surface area contributed by atoms with Crippen LogP contribution < -0.4 is 4.74 Å². The van der Waals surface area contributed by atoms with Gasteiger partial charge in [0.15, 0.2) is 0 Å². The number of carboxylic acids is 1. The molecule has 0 radical (unpaired) electrons. The molecule has 120 valence electrons. The number of ether oxygens (including phenoxy) is 1. The van der Waals surface area contributed by atoms with Gasteiger partial charge in [0, 0.05) is 24.5 Å². The molecule has 0 aromatic heterocycles. The first-order valence-electron chi connectivity index (χ1n) is 7.43. The number of halogens is 1. The van der Waals surface area contributed by atoms with Crippen molar-refractivity contribution in [3.05, 3.63) is 28.8 Å². The number of hydrogen-bond acceptors (Lipinski definition) is 3. The quantitative estimate of drug-likeness (QED) is 0.836. The predicted molar refractivity (Wildman–Crippen MR) is 83.3 cm³/mol. The standard InChI is InChI=1S/C16H20ClNO4/c1-2-7-22-14-4-3-13(17)8-11(14)5-6-18-10-12(16(20)21)9-15(18)19/h3-4,8,12H,2,5-7,9-10H2,1H3,(H,20,21).